The van der Waals surface area contributed by atoms with Crippen molar-refractivity contribution in [3.8, 4) is 0 Å². The van der Waals surface area contributed by atoms with Gasteiger partial charge in [0.05, 0.1) is 16.1 Å². The zero-order chi connectivity index (χ0) is 19.6. The van der Waals surface area contributed by atoms with Gasteiger partial charge in [0.15, 0.2) is 0 Å². The first-order chi connectivity index (χ1) is 13.5. The third-order valence-electron chi connectivity index (χ3n) is 5.14. The second-order valence-corrected chi connectivity index (χ2v) is 8.80. The summed E-state index contributed by atoms with van der Waals surface area (Å²) < 4.78 is 28.4. The van der Waals surface area contributed by atoms with Gasteiger partial charge in [0, 0.05) is 6.04 Å². The van der Waals surface area contributed by atoms with E-state index in [-0.39, 0.29) is 22.5 Å². The normalized spacial score (nSPS) is 14.9. The van der Waals surface area contributed by atoms with Crippen LogP contribution in [0.2, 0.25) is 0 Å². The van der Waals surface area contributed by atoms with Gasteiger partial charge in [0.1, 0.15) is 0 Å². The van der Waals surface area contributed by atoms with Crippen molar-refractivity contribution >= 4 is 32.4 Å². The Balaban J connectivity index is 1.61. The number of nitrogens with one attached hydrogen (secondary N) is 2. The molecule has 1 amide bonds. The standard InChI is InChI=1S/C22H22N2O3S/c25-22(23-18-9-3-4-10-18)20-11-5-6-12-21(20)24-28(26,27)19-14-13-16-7-1-2-8-17(16)15-19/h1-2,5-8,11-15,18,24H,3-4,9-10H2,(H,23,25). The molecule has 1 fully saturated rings. The smallest absolute Gasteiger partial charge is 0.261 e. The van der Waals surface area contributed by atoms with Crippen LogP contribution >= 0.6 is 0 Å². The second-order valence-electron chi connectivity index (χ2n) is 7.11. The molecular formula is C22H22N2O3S. The fraction of sp³-hybridized carbons (Fsp3) is 0.227. The van der Waals surface area contributed by atoms with E-state index in [9.17, 15) is 13.2 Å². The lowest BCUT2D eigenvalue weighted by Crippen LogP contribution is -2.33. The van der Waals surface area contributed by atoms with Gasteiger partial charge in [0.25, 0.3) is 15.9 Å². The molecule has 0 atom stereocenters. The van der Waals surface area contributed by atoms with Crippen molar-refractivity contribution in [3.63, 3.8) is 0 Å². The van der Waals surface area contributed by atoms with Gasteiger partial charge in [-0.3, -0.25) is 9.52 Å². The molecule has 1 saturated carbocycles. The summed E-state index contributed by atoms with van der Waals surface area (Å²) in [5, 5.41) is 4.83. The highest BCUT2D eigenvalue weighted by Crippen LogP contribution is 2.24. The molecule has 4 rings (SSSR count). The molecule has 0 aliphatic heterocycles. The summed E-state index contributed by atoms with van der Waals surface area (Å²) >= 11 is 0. The fourth-order valence-corrected chi connectivity index (χ4v) is 4.76. The number of benzene rings is 3. The van der Waals surface area contributed by atoms with Crippen LogP contribution in [-0.4, -0.2) is 20.4 Å². The number of carbonyl (C=O) groups is 1. The van der Waals surface area contributed by atoms with Crippen LogP contribution in [0.4, 0.5) is 5.69 Å². The van der Waals surface area contributed by atoms with Crippen LogP contribution < -0.4 is 10.0 Å². The predicted molar refractivity (Wildman–Crippen MR) is 111 cm³/mol. The molecule has 0 heterocycles. The van der Waals surface area contributed by atoms with E-state index in [1.165, 1.54) is 0 Å². The first-order valence-corrected chi connectivity index (χ1v) is 10.9. The van der Waals surface area contributed by atoms with Crippen molar-refractivity contribution in [2.24, 2.45) is 0 Å². The Bertz CT molecular complexity index is 1120. The molecule has 1 aliphatic carbocycles. The van der Waals surface area contributed by atoms with E-state index in [4.69, 9.17) is 0 Å². The highest BCUT2D eigenvalue weighted by molar-refractivity contribution is 7.92. The van der Waals surface area contributed by atoms with Gasteiger partial charge in [-0.15, -0.1) is 0 Å². The Morgan fingerprint density at radius 2 is 1.54 bits per heavy atom. The summed E-state index contributed by atoms with van der Waals surface area (Å²) in [6, 6.07) is 19.4. The highest BCUT2D eigenvalue weighted by Gasteiger charge is 2.22. The first-order valence-electron chi connectivity index (χ1n) is 9.44. The van der Waals surface area contributed by atoms with E-state index in [0.717, 1.165) is 36.5 Å². The zero-order valence-corrected chi connectivity index (χ0v) is 16.2. The number of hydrogen-bond acceptors (Lipinski definition) is 3. The topological polar surface area (TPSA) is 75.3 Å². The molecule has 1 aliphatic rings. The number of amides is 1. The quantitative estimate of drug-likeness (QED) is 0.677. The number of fused-ring (bicyclic) bond motifs is 1. The lowest BCUT2D eigenvalue weighted by atomic mass is 10.1. The van der Waals surface area contributed by atoms with E-state index in [1.54, 1.807) is 42.5 Å². The minimum Gasteiger partial charge on any atom is -0.349 e. The summed E-state index contributed by atoms with van der Waals surface area (Å²) in [6.45, 7) is 0. The molecule has 0 unspecified atom stereocenters. The number of para-hydroxylation sites is 1. The molecule has 5 nitrogen and oxygen atoms in total. The molecule has 144 valence electrons. The molecule has 0 aromatic heterocycles. The Labute approximate surface area is 164 Å². The minimum atomic E-state index is -3.82. The van der Waals surface area contributed by atoms with Crippen molar-refractivity contribution in [1.29, 1.82) is 0 Å². The lowest BCUT2D eigenvalue weighted by Gasteiger charge is -2.16. The number of sulfonamides is 1. The Morgan fingerprint density at radius 1 is 0.857 bits per heavy atom. The van der Waals surface area contributed by atoms with Gasteiger partial charge >= 0.3 is 0 Å². The molecule has 0 saturated heterocycles. The average molecular weight is 394 g/mol. The third kappa shape index (κ3) is 3.87. The predicted octanol–water partition coefficient (Wildman–Crippen LogP) is 4.31. The zero-order valence-electron chi connectivity index (χ0n) is 15.4. The summed E-state index contributed by atoms with van der Waals surface area (Å²) in [4.78, 5) is 12.8. The summed E-state index contributed by atoms with van der Waals surface area (Å²) in [5.41, 5.74) is 0.616. The maximum absolute atomic E-state index is 12.9. The average Bonchev–Trinajstić information content (AvgIpc) is 3.20. The van der Waals surface area contributed by atoms with Gasteiger partial charge in [-0.1, -0.05) is 55.3 Å². The van der Waals surface area contributed by atoms with Crippen molar-refractivity contribution in [2.45, 2.75) is 36.6 Å². The molecule has 0 spiro atoms. The van der Waals surface area contributed by atoms with Crippen LogP contribution in [0.5, 0.6) is 0 Å². The molecule has 28 heavy (non-hydrogen) atoms. The fourth-order valence-electron chi connectivity index (χ4n) is 3.64. The van der Waals surface area contributed by atoms with Crippen LogP contribution in [0.25, 0.3) is 10.8 Å². The maximum Gasteiger partial charge on any atom is 0.261 e. The van der Waals surface area contributed by atoms with E-state index in [0.29, 0.717) is 5.56 Å². The van der Waals surface area contributed by atoms with Crippen molar-refractivity contribution in [3.05, 3.63) is 72.3 Å². The molecular weight excluding hydrogens is 372 g/mol. The number of rotatable bonds is 5. The van der Waals surface area contributed by atoms with E-state index < -0.39 is 10.0 Å². The second kappa shape index (κ2) is 7.64. The summed E-state index contributed by atoms with van der Waals surface area (Å²) in [7, 11) is -3.82. The van der Waals surface area contributed by atoms with Crippen LogP contribution in [0, 0.1) is 0 Å². The first kappa shape index (κ1) is 18.5. The number of hydrogen-bond donors (Lipinski definition) is 2. The number of anilines is 1. The molecule has 0 bridgehead atoms. The van der Waals surface area contributed by atoms with Crippen molar-refractivity contribution < 1.29 is 13.2 Å². The van der Waals surface area contributed by atoms with Gasteiger partial charge in [-0.2, -0.15) is 0 Å². The van der Waals surface area contributed by atoms with Gasteiger partial charge in [-0.25, -0.2) is 8.42 Å². The minimum absolute atomic E-state index is 0.164. The van der Waals surface area contributed by atoms with Crippen molar-refractivity contribution in [1.82, 2.24) is 5.32 Å². The van der Waals surface area contributed by atoms with Gasteiger partial charge < -0.3 is 5.32 Å². The Kier molecular flexibility index (Phi) is 5.05. The van der Waals surface area contributed by atoms with Crippen LogP contribution in [0.15, 0.2) is 71.6 Å². The monoisotopic (exact) mass is 394 g/mol. The highest BCUT2D eigenvalue weighted by atomic mass is 32.2. The van der Waals surface area contributed by atoms with E-state index in [1.807, 2.05) is 24.3 Å². The van der Waals surface area contributed by atoms with E-state index >= 15 is 0 Å². The lowest BCUT2D eigenvalue weighted by molar-refractivity contribution is 0.0939. The third-order valence-corrected chi connectivity index (χ3v) is 6.50. The largest absolute Gasteiger partial charge is 0.349 e. The maximum atomic E-state index is 12.9. The molecule has 0 radical (unpaired) electrons. The van der Waals surface area contributed by atoms with Crippen LogP contribution in [0.1, 0.15) is 36.0 Å². The Hall–Kier alpha value is -2.86. The molecule has 3 aromatic rings. The van der Waals surface area contributed by atoms with Crippen molar-refractivity contribution in [2.75, 3.05) is 4.72 Å². The summed E-state index contributed by atoms with van der Waals surface area (Å²) in [6.07, 6.45) is 4.16. The molecule has 2 N–H and O–H groups in total. The SMILES string of the molecule is O=C(NC1CCCC1)c1ccccc1NS(=O)(=O)c1ccc2ccccc2c1. The van der Waals surface area contributed by atoms with E-state index in [2.05, 4.69) is 10.0 Å². The molecule has 6 heteroatoms. The van der Waals surface area contributed by atoms with Gasteiger partial charge in [0.2, 0.25) is 0 Å². The number of carbonyl (C=O) groups excluding carboxylic acids is 1. The van der Waals surface area contributed by atoms with Crippen LogP contribution in [0.3, 0.4) is 0 Å². The Morgan fingerprint density at radius 3 is 2.32 bits per heavy atom. The van der Waals surface area contributed by atoms with Crippen LogP contribution in [-0.2, 0) is 10.0 Å². The molecule has 3 aromatic carbocycles. The van der Waals surface area contributed by atoms with Gasteiger partial charge in [-0.05, 0) is 47.9 Å². The summed E-state index contributed by atoms with van der Waals surface area (Å²) in [5.74, 6) is -0.247.